The number of rotatable bonds is 2. The molecular weight excluding hydrogens is 271 g/mol. The van der Waals surface area contributed by atoms with E-state index in [1.165, 1.54) is 0 Å². The molecule has 0 radical (unpaired) electrons. The number of nitrogens with one attached hydrogen (secondary N) is 1. The summed E-state index contributed by atoms with van der Waals surface area (Å²) in [5.74, 6) is 0. The van der Waals surface area contributed by atoms with Gasteiger partial charge in [0.05, 0.1) is 8.49 Å². The van der Waals surface area contributed by atoms with E-state index in [4.69, 9.17) is 0 Å². The first-order valence-electron chi connectivity index (χ1n) is 3.27. The number of hydrogen-bond acceptors (Lipinski definition) is 3. The lowest BCUT2D eigenvalue weighted by Crippen LogP contribution is -1.98. The van der Waals surface area contributed by atoms with Crippen LogP contribution in [0.15, 0.2) is 18.2 Å². The fraction of sp³-hybridized carbons (Fsp3) is 0.143. The third-order valence-electron chi connectivity index (χ3n) is 1.44. The van der Waals surface area contributed by atoms with Gasteiger partial charge in [-0.2, -0.15) is 0 Å². The van der Waals surface area contributed by atoms with Gasteiger partial charge in [0.2, 0.25) is 0 Å². The van der Waals surface area contributed by atoms with E-state index in [1.807, 2.05) is 22.6 Å². The Kier molecular flexibility index (Phi) is 2.85. The van der Waals surface area contributed by atoms with Gasteiger partial charge in [0.25, 0.3) is 0 Å². The first-order valence-corrected chi connectivity index (χ1v) is 4.35. The Morgan fingerprint density at radius 2 is 2.25 bits per heavy atom. The zero-order chi connectivity index (χ0) is 9.14. The summed E-state index contributed by atoms with van der Waals surface area (Å²) >= 11 is 1.94. The number of hydrogen-bond donors (Lipinski definition) is 1. The van der Waals surface area contributed by atoms with Crippen LogP contribution < -0.4 is 5.32 Å². The lowest BCUT2D eigenvalue weighted by Gasteiger charge is -2.01. The monoisotopic (exact) mass is 278 g/mol. The van der Waals surface area contributed by atoms with E-state index in [2.05, 4.69) is 5.32 Å². The highest BCUT2D eigenvalue weighted by atomic mass is 127. The number of nitro groups is 1. The van der Waals surface area contributed by atoms with Gasteiger partial charge in [0.1, 0.15) is 5.69 Å². The number of para-hydroxylation sites is 1. The number of nitro benzene ring substituents is 1. The molecule has 0 fully saturated rings. The Morgan fingerprint density at radius 1 is 1.58 bits per heavy atom. The van der Waals surface area contributed by atoms with Crippen LogP contribution in [0.25, 0.3) is 0 Å². The molecule has 0 aliphatic rings. The van der Waals surface area contributed by atoms with Crippen molar-refractivity contribution in [2.45, 2.75) is 0 Å². The minimum absolute atomic E-state index is 0.139. The van der Waals surface area contributed by atoms with Crippen LogP contribution in [0.4, 0.5) is 11.4 Å². The molecule has 0 heterocycles. The molecule has 0 aliphatic heterocycles. The van der Waals surface area contributed by atoms with Gasteiger partial charge >= 0.3 is 5.69 Å². The summed E-state index contributed by atoms with van der Waals surface area (Å²) in [5, 5.41) is 13.3. The van der Waals surface area contributed by atoms with Crippen molar-refractivity contribution >= 4 is 34.0 Å². The SMILES string of the molecule is CNc1cccc(I)c1[N+](=O)[O-]. The molecule has 12 heavy (non-hydrogen) atoms. The molecule has 4 nitrogen and oxygen atoms in total. The summed E-state index contributed by atoms with van der Waals surface area (Å²) in [4.78, 5) is 10.2. The second-order valence-corrected chi connectivity index (χ2v) is 3.31. The molecule has 0 aromatic heterocycles. The summed E-state index contributed by atoms with van der Waals surface area (Å²) in [6.45, 7) is 0. The summed E-state index contributed by atoms with van der Waals surface area (Å²) in [5.41, 5.74) is 0.688. The van der Waals surface area contributed by atoms with E-state index in [0.717, 1.165) is 0 Å². The van der Waals surface area contributed by atoms with Crippen LogP contribution in [0.2, 0.25) is 0 Å². The van der Waals surface area contributed by atoms with Gasteiger partial charge in [0.15, 0.2) is 0 Å². The first-order chi connectivity index (χ1) is 5.66. The predicted molar refractivity (Wildman–Crippen MR) is 55.4 cm³/mol. The van der Waals surface area contributed by atoms with Crippen molar-refractivity contribution < 1.29 is 4.92 Å². The van der Waals surface area contributed by atoms with Crippen LogP contribution in [0, 0.1) is 13.7 Å². The molecule has 5 heteroatoms. The Bertz CT molecular complexity index is 314. The lowest BCUT2D eigenvalue weighted by atomic mass is 10.3. The third-order valence-corrected chi connectivity index (χ3v) is 2.31. The van der Waals surface area contributed by atoms with Crippen LogP contribution in [0.5, 0.6) is 0 Å². The topological polar surface area (TPSA) is 55.2 Å². The predicted octanol–water partition coefficient (Wildman–Crippen LogP) is 2.24. The molecule has 64 valence electrons. The van der Waals surface area contributed by atoms with Crippen LogP contribution in [0.3, 0.4) is 0 Å². The Hall–Kier alpha value is -0.850. The standard InChI is InChI=1S/C7H7IN2O2/c1-9-6-4-2-3-5(8)7(6)10(11)12/h2-4,9H,1H3. The molecule has 0 saturated carbocycles. The maximum atomic E-state index is 10.6. The maximum absolute atomic E-state index is 10.6. The van der Waals surface area contributed by atoms with E-state index < -0.39 is 0 Å². The highest BCUT2D eigenvalue weighted by Crippen LogP contribution is 2.28. The summed E-state index contributed by atoms with van der Waals surface area (Å²) < 4.78 is 0.643. The molecule has 0 unspecified atom stereocenters. The molecule has 0 amide bonds. The van der Waals surface area contributed by atoms with Crippen LogP contribution in [-0.2, 0) is 0 Å². The van der Waals surface area contributed by atoms with Gasteiger partial charge in [0, 0.05) is 7.05 Å². The normalized spacial score (nSPS) is 9.50. The zero-order valence-electron chi connectivity index (χ0n) is 6.37. The summed E-state index contributed by atoms with van der Waals surface area (Å²) in [6.07, 6.45) is 0. The molecule has 0 atom stereocenters. The van der Waals surface area contributed by atoms with Crippen molar-refractivity contribution in [2.24, 2.45) is 0 Å². The van der Waals surface area contributed by atoms with Crippen molar-refractivity contribution in [1.29, 1.82) is 0 Å². The lowest BCUT2D eigenvalue weighted by molar-refractivity contribution is -0.384. The van der Waals surface area contributed by atoms with E-state index in [0.29, 0.717) is 9.26 Å². The largest absolute Gasteiger partial charge is 0.383 e. The van der Waals surface area contributed by atoms with E-state index >= 15 is 0 Å². The zero-order valence-corrected chi connectivity index (χ0v) is 8.53. The first kappa shape index (κ1) is 9.24. The van der Waals surface area contributed by atoms with E-state index in [-0.39, 0.29) is 10.6 Å². The molecule has 0 aliphatic carbocycles. The average molecular weight is 278 g/mol. The molecular formula is C7H7IN2O2. The fourth-order valence-electron chi connectivity index (χ4n) is 0.903. The molecule has 1 rings (SSSR count). The van der Waals surface area contributed by atoms with Crippen LogP contribution in [0.1, 0.15) is 0 Å². The van der Waals surface area contributed by atoms with Crippen molar-refractivity contribution in [3.8, 4) is 0 Å². The van der Waals surface area contributed by atoms with E-state index in [1.54, 1.807) is 25.2 Å². The van der Waals surface area contributed by atoms with Gasteiger partial charge in [-0.3, -0.25) is 10.1 Å². The molecule has 0 saturated heterocycles. The van der Waals surface area contributed by atoms with Crippen molar-refractivity contribution in [3.63, 3.8) is 0 Å². The van der Waals surface area contributed by atoms with Gasteiger partial charge in [-0.25, -0.2) is 0 Å². The number of nitrogens with zero attached hydrogens (tertiary/aromatic N) is 1. The van der Waals surface area contributed by atoms with Crippen molar-refractivity contribution in [3.05, 3.63) is 31.9 Å². The van der Waals surface area contributed by atoms with Crippen LogP contribution >= 0.6 is 22.6 Å². The van der Waals surface area contributed by atoms with E-state index in [9.17, 15) is 10.1 Å². The molecule has 1 aromatic rings. The molecule has 1 aromatic carbocycles. The molecule has 0 bridgehead atoms. The summed E-state index contributed by atoms with van der Waals surface area (Å²) in [6, 6.07) is 5.17. The minimum Gasteiger partial charge on any atom is -0.383 e. The smallest absolute Gasteiger partial charge is 0.305 e. The summed E-state index contributed by atoms with van der Waals surface area (Å²) in [7, 11) is 1.67. The molecule has 0 spiro atoms. The van der Waals surface area contributed by atoms with Gasteiger partial charge in [-0.1, -0.05) is 6.07 Å². The Morgan fingerprint density at radius 3 is 2.67 bits per heavy atom. The average Bonchev–Trinajstić information content (AvgIpc) is 2.03. The highest BCUT2D eigenvalue weighted by molar-refractivity contribution is 14.1. The number of anilines is 1. The minimum atomic E-state index is -0.381. The Balaban J connectivity index is 3.29. The Labute approximate surface area is 83.3 Å². The fourth-order valence-corrected chi connectivity index (χ4v) is 1.60. The van der Waals surface area contributed by atoms with Crippen LogP contribution in [-0.4, -0.2) is 12.0 Å². The van der Waals surface area contributed by atoms with Gasteiger partial charge < -0.3 is 5.32 Å². The maximum Gasteiger partial charge on any atom is 0.305 e. The number of benzene rings is 1. The van der Waals surface area contributed by atoms with Gasteiger partial charge in [-0.15, -0.1) is 0 Å². The second kappa shape index (κ2) is 3.70. The van der Waals surface area contributed by atoms with Crippen molar-refractivity contribution in [2.75, 3.05) is 12.4 Å². The quantitative estimate of drug-likeness (QED) is 0.512. The third kappa shape index (κ3) is 1.66. The second-order valence-electron chi connectivity index (χ2n) is 2.14. The number of halogens is 1. The van der Waals surface area contributed by atoms with Gasteiger partial charge in [-0.05, 0) is 34.7 Å². The highest BCUT2D eigenvalue weighted by Gasteiger charge is 2.15. The molecule has 1 N–H and O–H groups in total. The van der Waals surface area contributed by atoms with Crippen molar-refractivity contribution in [1.82, 2.24) is 0 Å².